The molecule has 0 aromatic heterocycles. The third-order valence-electron chi connectivity index (χ3n) is 4.07. The first kappa shape index (κ1) is 12.3. The van der Waals surface area contributed by atoms with Gasteiger partial charge in [0.15, 0.2) is 11.6 Å². The highest BCUT2D eigenvalue weighted by Gasteiger charge is 2.53. The molecule has 1 spiro atoms. The lowest BCUT2D eigenvalue weighted by Gasteiger charge is -2.32. The van der Waals surface area contributed by atoms with E-state index < -0.39 is 29.9 Å². The summed E-state index contributed by atoms with van der Waals surface area (Å²) in [5.41, 5.74) is 0.222. The molecule has 0 amide bonds. The van der Waals surface area contributed by atoms with Crippen molar-refractivity contribution in [1.29, 1.82) is 0 Å². The number of rotatable bonds is 1. The highest BCUT2D eigenvalue weighted by Crippen LogP contribution is 2.43. The standard InChI is InChI=1S/C13H18O5/c14-7-8-6-9-12(11(16)10(8)15)18-13(17-9)4-2-1-3-5-13/h6,9,11-12,14,16H,1-5,7H2/t9-,11+,12-/m1/s1. The molecule has 2 aliphatic carbocycles. The van der Waals surface area contributed by atoms with Gasteiger partial charge < -0.3 is 19.7 Å². The average molecular weight is 254 g/mol. The predicted molar refractivity (Wildman–Crippen MR) is 61.7 cm³/mol. The summed E-state index contributed by atoms with van der Waals surface area (Å²) in [6, 6.07) is 0. The van der Waals surface area contributed by atoms with Gasteiger partial charge in [0.25, 0.3) is 0 Å². The van der Waals surface area contributed by atoms with E-state index >= 15 is 0 Å². The fourth-order valence-electron chi connectivity index (χ4n) is 3.11. The molecule has 1 saturated carbocycles. The van der Waals surface area contributed by atoms with Crippen LogP contribution in [0.2, 0.25) is 0 Å². The van der Waals surface area contributed by atoms with Gasteiger partial charge in [-0.2, -0.15) is 0 Å². The summed E-state index contributed by atoms with van der Waals surface area (Å²) in [7, 11) is 0. The minimum Gasteiger partial charge on any atom is -0.392 e. The van der Waals surface area contributed by atoms with Gasteiger partial charge in [-0.25, -0.2) is 0 Å². The summed E-state index contributed by atoms with van der Waals surface area (Å²) in [5, 5.41) is 19.1. The van der Waals surface area contributed by atoms with Crippen LogP contribution in [0.4, 0.5) is 0 Å². The van der Waals surface area contributed by atoms with Gasteiger partial charge in [0, 0.05) is 18.4 Å². The average Bonchev–Trinajstić information content (AvgIpc) is 2.73. The lowest BCUT2D eigenvalue weighted by atomic mass is 9.91. The zero-order valence-electron chi connectivity index (χ0n) is 10.2. The maximum Gasteiger partial charge on any atom is 0.192 e. The molecule has 18 heavy (non-hydrogen) atoms. The van der Waals surface area contributed by atoms with Crippen molar-refractivity contribution >= 4 is 5.78 Å². The SMILES string of the molecule is O=C1C(CO)=C[C@H]2OC3(CCCCC3)O[C@H]2[C@H]1O. The summed E-state index contributed by atoms with van der Waals surface area (Å²) >= 11 is 0. The molecule has 2 N–H and O–H groups in total. The first-order chi connectivity index (χ1) is 8.65. The van der Waals surface area contributed by atoms with Crippen LogP contribution in [0.1, 0.15) is 32.1 Å². The normalized spacial score (nSPS) is 38.7. The van der Waals surface area contributed by atoms with Crippen LogP contribution in [0.15, 0.2) is 11.6 Å². The number of aliphatic hydroxyl groups is 2. The van der Waals surface area contributed by atoms with Gasteiger partial charge in [-0.1, -0.05) is 6.42 Å². The molecule has 0 aromatic rings. The lowest BCUT2D eigenvalue weighted by molar-refractivity contribution is -0.197. The number of Topliss-reactive ketones (excluding diaryl/α,β-unsaturated/α-hetero) is 1. The molecule has 3 aliphatic rings. The van der Waals surface area contributed by atoms with E-state index in [1.165, 1.54) is 6.42 Å². The van der Waals surface area contributed by atoms with E-state index in [1.807, 2.05) is 0 Å². The number of hydrogen-bond acceptors (Lipinski definition) is 5. The third kappa shape index (κ3) is 1.82. The van der Waals surface area contributed by atoms with Gasteiger partial charge in [0.1, 0.15) is 18.3 Å². The van der Waals surface area contributed by atoms with Gasteiger partial charge >= 0.3 is 0 Å². The third-order valence-corrected chi connectivity index (χ3v) is 4.07. The Morgan fingerprint density at radius 2 is 2.00 bits per heavy atom. The highest BCUT2D eigenvalue weighted by atomic mass is 16.8. The van der Waals surface area contributed by atoms with Crippen LogP contribution in [0.5, 0.6) is 0 Å². The van der Waals surface area contributed by atoms with Crippen molar-refractivity contribution in [2.45, 2.75) is 56.2 Å². The van der Waals surface area contributed by atoms with Gasteiger partial charge in [-0.15, -0.1) is 0 Å². The van der Waals surface area contributed by atoms with Crippen molar-refractivity contribution in [2.24, 2.45) is 0 Å². The molecular weight excluding hydrogens is 236 g/mol. The maximum absolute atomic E-state index is 11.8. The monoisotopic (exact) mass is 254 g/mol. The summed E-state index contributed by atoms with van der Waals surface area (Å²) in [5.74, 6) is -1.08. The van der Waals surface area contributed by atoms with E-state index in [0.29, 0.717) is 0 Å². The molecule has 3 rings (SSSR count). The summed E-state index contributed by atoms with van der Waals surface area (Å²) in [6.45, 7) is -0.366. The summed E-state index contributed by atoms with van der Waals surface area (Å²) in [6.07, 6.45) is 4.21. The summed E-state index contributed by atoms with van der Waals surface area (Å²) in [4.78, 5) is 11.8. The smallest absolute Gasteiger partial charge is 0.192 e. The molecular formula is C13H18O5. The first-order valence-corrected chi connectivity index (χ1v) is 6.55. The van der Waals surface area contributed by atoms with Gasteiger partial charge in [0.05, 0.1) is 6.61 Å². The molecule has 0 radical (unpaired) electrons. The topological polar surface area (TPSA) is 76.0 Å². The number of hydrogen-bond donors (Lipinski definition) is 2. The Labute approximate surface area is 105 Å². The Hall–Kier alpha value is -0.750. The molecule has 1 heterocycles. The minimum absolute atomic E-state index is 0.222. The van der Waals surface area contributed by atoms with Crippen LogP contribution < -0.4 is 0 Å². The second kappa shape index (κ2) is 4.42. The van der Waals surface area contributed by atoms with Crippen molar-refractivity contribution in [3.05, 3.63) is 11.6 Å². The van der Waals surface area contributed by atoms with Crippen molar-refractivity contribution in [1.82, 2.24) is 0 Å². The van der Waals surface area contributed by atoms with Crippen molar-refractivity contribution < 1.29 is 24.5 Å². The van der Waals surface area contributed by atoms with Crippen LogP contribution >= 0.6 is 0 Å². The molecule has 0 unspecified atom stereocenters. The minimum atomic E-state index is -1.22. The fourth-order valence-corrected chi connectivity index (χ4v) is 3.11. The van der Waals surface area contributed by atoms with Crippen molar-refractivity contribution in [3.8, 4) is 0 Å². The fraction of sp³-hybridized carbons (Fsp3) is 0.769. The lowest BCUT2D eigenvalue weighted by Crippen LogP contribution is -2.45. The Kier molecular flexibility index (Phi) is 3.02. The first-order valence-electron chi connectivity index (χ1n) is 6.55. The highest BCUT2D eigenvalue weighted by molar-refractivity contribution is 6.00. The van der Waals surface area contributed by atoms with Crippen LogP contribution in [0.25, 0.3) is 0 Å². The number of aliphatic hydroxyl groups excluding tert-OH is 2. The zero-order valence-corrected chi connectivity index (χ0v) is 10.2. The van der Waals surface area contributed by atoms with Crippen LogP contribution in [-0.4, -0.2) is 46.7 Å². The van der Waals surface area contributed by atoms with E-state index in [-0.39, 0.29) is 12.2 Å². The van der Waals surface area contributed by atoms with Crippen molar-refractivity contribution in [3.63, 3.8) is 0 Å². The van der Waals surface area contributed by atoms with Gasteiger partial charge in [0.2, 0.25) is 0 Å². The molecule has 100 valence electrons. The van der Waals surface area contributed by atoms with E-state index in [4.69, 9.17) is 14.6 Å². The van der Waals surface area contributed by atoms with Crippen LogP contribution in [0, 0.1) is 0 Å². The Morgan fingerprint density at radius 1 is 1.28 bits per heavy atom. The number of fused-ring (bicyclic) bond motifs is 1. The molecule has 1 aliphatic heterocycles. The number of ketones is 1. The van der Waals surface area contributed by atoms with E-state index in [0.717, 1.165) is 25.7 Å². The van der Waals surface area contributed by atoms with Crippen molar-refractivity contribution in [2.75, 3.05) is 6.61 Å². The van der Waals surface area contributed by atoms with Crippen LogP contribution in [-0.2, 0) is 14.3 Å². The molecule has 5 heteroatoms. The molecule has 1 saturated heterocycles. The van der Waals surface area contributed by atoms with Gasteiger partial charge in [-0.05, 0) is 18.9 Å². The maximum atomic E-state index is 11.8. The Bertz CT molecular complexity index is 383. The second-order valence-electron chi connectivity index (χ2n) is 5.30. The second-order valence-corrected chi connectivity index (χ2v) is 5.30. The Balaban J connectivity index is 1.85. The van der Waals surface area contributed by atoms with Gasteiger partial charge in [-0.3, -0.25) is 4.79 Å². The summed E-state index contributed by atoms with van der Waals surface area (Å²) < 4.78 is 11.8. The predicted octanol–water partition coefficient (Wildman–Crippen LogP) is 0.293. The number of carbonyl (C=O) groups is 1. The van der Waals surface area contributed by atoms with E-state index in [1.54, 1.807) is 6.08 Å². The Morgan fingerprint density at radius 3 is 2.67 bits per heavy atom. The molecule has 2 fully saturated rings. The molecule has 3 atom stereocenters. The molecule has 0 aromatic carbocycles. The molecule has 5 nitrogen and oxygen atoms in total. The van der Waals surface area contributed by atoms with Crippen LogP contribution in [0.3, 0.4) is 0 Å². The van der Waals surface area contributed by atoms with E-state index in [2.05, 4.69) is 0 Å². The zero-order chi connectivity index (χ0) is 12.8. The largest absolute Gasteiger partial charge is 0.392 e. The van der Waals surface area contributed by atoms with E-state index in [9.17, 15) is 9.90 Å². The number of ether oxygens (including phenoxy) is 2. The quantitative estimate of drug-likeness (QED) is 0.703. The number of carbonyl (C=O) groups excluding carboxylic acids is 1. The molecule has 0 bridgehead atoms.